The number of esters is 1. The molecule has 0 unspecified atom stereocenters. The van der Waals surface area contributed by atoms with Gasteiger partial charge in [-0.25, -0.2) is 9.78 Å². The van der Waals surface area contributed by atoms with Crippen LogP contribution in [0.5, 0.6) is 0 Å². The highest BCUT2D eigenvalue weighted by Gasteiger charge is 2.20. The molecule has 6 nitrogen and oxygen atoms in total. The van der Waals surface area contributed by atoms with Crippen LogP contribution in [-0.2, 0) is 18.4 Å². The Bertz CT molecular complexity index is 1200. The van der Waals surface area contributed by atoms with Gasteiger partial charge in [-0.15, -0.1) is 11.3 Å². The number of rotatable bonds is 3. The number of carbonyl (C=O) groups is 1. The highest BCUT2D eigenvalue weighted by molar-refractivity contribution is 7.20. The van der Waals surface area contributed by atoms with Crippen LogP contribution in [0.3, 0.4) is 0 Å². The Morgan fingerprint density at radius 3 is 2.88 bits per heavy atom. The Morgan fingerprint density at radius 2 is 2.04 bits per heavy atom. The minimum Gasteiger partial charge on any atom is -0.457 e. The van der Waals surface area contributed by atoms with E-state index < -0.39 is 5.97 Å². The lowest BCUT2D eigenvalue weighted by atomic mass is 10.1. The first-order chi connectivity index (χ1) is 12.6. The van der Waals surface area contributed by atoms with E-state index >= 15 is 0 Å². The van der Waals surface area contributed by atoms with Crippen LogP contribution in [0.25, 0.3) is 21.1 Å². The van der Waals surface area contributed by atoms with Gasteiger partial charge in [0, 0.05) is 24.2 Å². The van der Waals surface area contributed by atoms with Gasteiger partial charge in [0.1, 0.15) is 16.3 Å². The highest BCUT2D eigenvalue weighted by atomic mass is 32.1. The maximum Gasteiger partial charge on any atom is 0.349 e. The summed E-state index contributed by atoms with van der Waals surface area (Å²) in [7, 11) is 1.64. The van der Waals surface area contributed by atoms with Gasteiger partial charge in [0.15, 0.2) is 0 Å². The van der Waals surface area contributed by atoms with Crippen molar-refractivity contribution in [2.24, 2.45) is 7.05 Å². The van der Waals surface area contributed by atoms with Crippen LogP contribution in [0.2, 0.25) is 0 Å². The molecule has 0 aliphatic rings. The number of carbonyl (C=O) groups excluding carboxylic acids is 1. The molecule has 0 radical (unpaired) electrons. The van der Waals surface area contributed by atoms with E-state index in [2.05, 4.69) is 9.97 Å². The number of pyridine rings is 1. The summed E-state index contributed by atoms with van der Waals surface area (Å²) in [6, 6.07) is 9.59. The molecule has 0 aliphatic heterocycles. The lowest BCUT2D eigenvalue weighted by Gasteiger charge is -2.07. The first-order valence-electron chi connectivity index (χ1n) is 8.00. The summed E-state index contributed by atoms with van der Waals surface area (Å²) >= 11 is 1.18. The van der Waals surface area contributed by atoms with Crippen molar-refractivity contribution in [2.75, 3.05) is 0 Å². The SMILES string of the molecule is Cc1c(C(=O)OCc2cccc3cccnc23)sc2ncn(C)c(=O)c12. The number of aryl methyl sites for hydroxylation is 2. The topological polar surface area (TPSA) is 74.1 Å². The van der Waals surface area contributed by atoms with E-state index in [1.54, 1.807) is 20.2 Å². The van der Waals surface area contributed by atoms with Crippen LogP contribution < -0.4 is 5.56 Å². The molecule has 0 saturated heterocycles. The van der Waals surface area contributed by atoms with Crippen LogP contribution in [0.4, 0.5) is 0 Å². The number of fused-ring (bicyclic) bond motifs is 2. The molecule has 130 valence electrons. The third kappa shape index (κ3) is 2.66. The van der Waals surface area contributed by atoms with Crippen LogP contribution >= 0.6 is 11.3 Å². The fraction of sp³-hybridized carbons (Fsp3) is 0.158. The minimum atomic E-state index is -0.458. The maximum atomic E-state index is 12.6. The van der Waals surface area contributed by atoms with Crippen molar-refractivity contribution >= 4 is 38.4 Å². The van der Waals surface area contributed by atoms with Crippen molar-refractivity contribution < 1.29 is 9.53 Å². The quantitative estimate of drug-likeness (QED) is 0.521. The summed E-state index contributed by atoms with van der Waals surface area (Å²) < 4.78 is 6.90. The molecular formula is C19H15N3O3S. The number of hydrogen-bond acceptors (Lipinski definition) is 6. The molecule has 4 aromatic rings. The summed E-state index contributed by atoms with van der Waals surface area (Å²) in [5, 5.41) is 1.46. The molecule has 0 aliphatic carbocycles. The smallest absolute Gasteiger partial charge is 0.349 e. The maximum absolute atomic E-state index is 12.6. The lowest BCUT2D eigenvalue weighted by molar-refractivity contribution is 0.0479. The predicted molar refractivity (Wildman–Crippen MR) is 100 cm³/mol. The van der Waals surface area contributed by atoms with Gasteiger partial charge in [-0.1, -0.05) is 24.3 Å². The molecule has 0 atom stereocenters. The second kappa shape index (κ2) is 6.34. The standard InChI is InChI=1S/C19H15N3O3S/c1-11-14-17(21-10-22(2)18(14)23)26-16(11)19(24)25-9-13-6-3-5-12-7-4-8-20-15(12)13/h3-8,10H,9H2,1-2H3. The Balaban J connectivity index is 1.65. The van der Waals surface area contributed by atoms with Gasteiger partial charge in [0.05, 0.1) is 17.2 Å². The number of thiophene rings is 1. The summed E-state index contributed by atoms with van der Waals surface area (Å²) in [6.45, 7) is 1.87. The fourth-order valence-electron chi connectivity index (χ4n) is 2.90. The number of ether oxygens (including phenoxy) is 1. The normalized spacial score (nSPS) is 11.2. The monoisotopic (exact) mass is 365 g/mol. The zero-order valence-electron chi connectivity index (χ0n) is 14.2. The van der Waals surface area contributed by atoms with E-state index in [1.165, 1.54) is 22.2 Å². The van der Waals surface area contributed by atoms with Crippen LogP contribution in [0, 0.1) is 6.92 Å². The van der Waals surface area contributed by atoms with Gasteiger partial charge in [0.2, 0.25) is 0 Å². The van der Waals surface area contributed by atoms with Crippen molar-refractivity contribution in [1.29, 1.82) is 0 Å². The molecule has 7 heteroatoms. The highest BCUT2D eigenvalue weighted by Crippen LogP contribution is 2.28. The lowest BCUT2D eigenvalue weighted by Crippen LogP contribution is -2.16. The number of aromatic nitrogens is 3. The first kappa shape index (κ1) is 16.4. The summed E-state index contributed by atoms with van der Waals surface area (Å²) in [5.74, 6) is -0.458. The van der Waals surface area contributed by atoms with Gasteiger partial charge in [0.25, 0.3) is 5.56 Å². The number of hydrogen-bond donors (Lipinski definition) is 0. The van der Waals surface area contributed by atoms with E-state index in [1.807, 2.05) is 30.3 Å². The van der Waals surface area contributed by atoms with Crippen molar-refractivity contribution in [3.8, 4) is 0 Å². The zero-order chi connectivity index (χ0) is 18.3. The molecule has 0 saturated carbocycles. The molecule has 0 fully saturated rings. The predicted octanol–water partition coefficient (Wildman–Crippen LogP) is 3.21. The van der Waals surface area contributed by atoms with Gasteiger partial charge in [-0.3, -0.25) is 9.78 Å². The van der Waals surface area contributed by atoms with Crippen molar-refractivity contribution in [1.82, 2.24) is 14.5 Å². The largest absolute Gasteiger partial charge is 0.457 e. The van der Waals surface area contributed by atoms with Crippen LogP contribution in [0.15, 0.2) is 47.7 Å². The average molecular weight is 365 g/mol. The van der Waals surface area contributed by atoms with Crippen molar-refractivity contribution in [3.63, 3.8) is 0 Å². The zero-order valence-corrected chi connectivity index (χ0v) is 15.0. The summed E-state index contributed by atoms with van der Waals surface area (Å²) in [5.41, 5.74) is 2.09. The Hall–Kier alpha value is -3.06. The molecular weight excluding hydrogens is 350 g/mol. The second-order valence-corrected chi connectivity index (χ2v) is 6.96. The van der Waals surface area contributed by atoms with E-state index in [-0.39, 0.29) is 12.2 Å². The molecule has 0 N–H and O–H groups in total. The minimum absolute atomic E-state index is 0.117. The van der Waals surface area contributed by atoms with Crippen LogP contribution in [0.1, 0.15) is 20.8 Å². The molecule has 0 spiro atoms. The van der Waals surface area contributed by atoms with Gasteiger partial charge in [-0.2, -0.15) is 0 Å². The van der Waals surface area contributed by atoms with Crippen LogP contribution in [-0.4, -0.2) is 20.5 Å². The number of para-hydroxylation sites is 1. The molecule has 1 aromatic carbocycles. The van der Waals surface area contributed by atoms with Gasteiger partial charge >= 0.3 is 5.97 Å². The molecule has 3 aromatic heterocycles. The molecule has 26 heavy (non-hydrogen) atoms. The Morgan fingerprint density at radius 1 is 1.23 bits per heavy atom. The molecule has 0 bridgehead atoms. The average Bonchev–Trinajstić information content (AvgIpc) is 3.00. The van der Waals surface area contributed by atoms with Gasteiger partial charge < -0.3 is 9.30 Å². The molecule has 4 rings (SSSR count). The van der Waals surface area contributed by atoms with E-state index in [9.17, 15) is 9.59 Å². The van der Waals surface area contributed by atoms with Crippen molar-refractivity contribution in [2.45, 2.75) is 13.5 Å². The number of benzene rings is 1. The second-order valence-electron chi connectivity index (χ2n) is 5.97. The van der Waals surface area contributed by atoms with E-state index in [0.717, 1.165) is 16.5 Å². The van der Waals surface area contributed by atoms with E-state index in [4.69, 9.17) is 4.74 Å². The van der Waals surface area contributed by atoms with Gasteiger partial charge in [-0.05, 0) is 18.6 Å². The summed E-state index contributed by atoms with van der Waals surface area (Å²) in [4.78, 5) is 34.4. The van der Waals surface area contributed by atoms with Crippen molar-refractivity contribution in [3.05, 3.63) is 69.2 Å². The third-order valence-corrected chi connectivity index (χ3v) is 5.45. The number of nitrogens with zero attached hydrogens (tertiary/aromatic N) is 3. The fourth-order valence-corrected chi connectivity index (χ4v) is 3.93. The molecule has 3 heterocycles. The Kier molecular flexibility index (Phi) is 4.00. The summed E-state index contributed by atoms with van der Waals surface area (Å²) in [6.07, 6.45) is 3.17. The Labute approximate surface area is 152 Å². The molecule has 0 amide bonds. The third-order valence-electron chi connectivity index (χ3n) is 4.27. The van der Waals surface area contributed by atoms with E-state index in [0.29, 0.717) is 20.7 Å². The first-order valence-corrected chi connectivity index (χ1v) is 8.82.